The van der Waals surface area contributed by atoms with Gasteiger partial charge >= 0.3 is 0 Å². The molecule has 108 valence electrons. The fourth-order valence-electron chi connectivity index (χ4n) is 2.92. The largest absolute Gasteiger partial charge is 0.396 e. The van der Waals surface area contributed by atoms with Crippen LogP contribution >= 0.6 is 0 Å². The molecule has 0 unspecified atom stereocenters. The van der Waals surface area contributed by atoms with Crippen LogP contribution in [0.25, 0.3) is 0 Å². The maximum absolute atomic E-state index is 9.51. The second-order valence-corrected chi connectivity index (χ2v) is 5.96. The molecule has 0 radical (unpaired) electrons. The highest BCUT2D eigenvalue weighted by Gasteiger charge is 2.24. The standard InChI is InChI=1S/C15H32N2O/c1-4-15(5-2,13-18)12-16-10-11-17(3)14-8-6-7-9-14/h14,16,18H,4-13H2,1-3H3. The molecular formula is C15H32N2O. The van der Waals surface area contributed by atoms with Gasteiger partial charge in [0.2, 0.25) is 0 Å². The van der Waals surface area contributed by atoms with Crippen LogP contribution in [0.5, 0.6) is 0 Å². The fraction of sp³-hybridized carbons (Fsp3) is 1.00. The molecule has 0 heterocycles. The summed E-state index contributed by atoms with van der Waals surface area (Å²) in [6.07, 6.45) is 7.66. The SMILES string of the molecule is CCC(CC)(CO)CNCCN(C)C1CCCC1. The lowest BCUT2D eigenvalue weighted by Crippen LogP contribution is -2.41. The number of hydrogen-bond donors (Lipinski definition) is 2. The second-order valence-electron chi connectivity index (χ2n) is 5.96. The Labute approximate surface area is 113 Å². The van der Waals surface area contributed by atoms with E-state index in [0.29, 0.717) is 6.61 Å². The molecule has 1 rings (SSSR count). The Kier molecular flexibility index (Phi) is 7.20. The zero-order chi connectivity index (χ0) is 13.4. The van der Waals surface area contributed by atoms with E-state index in [1.54, 1.807) is 0 Å². The summed E-state index contributed by atoms with van der Waals surface area (Å²) < 4.78 is 0. The first kappa shape index (κ1) is 15.9. The molecule has 3 nitrogen and oxygen atoms in total. The molecule has 1 saturated carbocycles. The van der Waals surface area contributed by atoms with Gasteiger partial charge in [-0.15, -0.1) is 0 Å². The van der Waals surface area contributed by atoms with Crippen LogP contribution in [-0.4, -0.2) is 49.3 Å². The van der Waals surface area contributed by atoms with Crippen molar-refractivity contribution in [2.45, 2.75) is 58.4 Å². The van der Waals surface area contributed by atoms with E-state index in [2.05, 4.69) is 31.1 Å². The van der Waals surface area contributed by atoms with E-state index in [-0.39, 0.29) is 5.41 Å². The normalized spacial score (nSPS) is 17.8. The first-order chi connectivity index (χ1) is 8.67. The first-order valence-electron chi connectivity index (χ1n) is 7.69. The highest BCUT2D eigenvalue weighted by molar-refractivity contribution is 4.79. The van der Waals surface area contributed by atoms with Gasteiger partial charge in [-0.1, -0.05) is 26.7 Å². The van der Waals surface area contributed by atoms with Crippen LogP contribution in [-0.2, 0) is 0 Å². The maximum Gasteiger partial charge on any atom is 0.0499 e. The molecular weight excluding hydrogens is 224 g/mol. The molecule has 1 fully saturated rings. The Bertz CT molecular complexity index is 202. The zero-order valence-corrected chi connectivity index (χ0v) is 12.5. The number of rotatable bonds is 9. The summed E-state index contributed by atoms with van der Waals surface area (Å²) in [5.74, 6) is 0. The quantitative estimate of drug-likeness (QED) is 0.621. The van der Waals surface area contributed by atoms with Crippen molar-refractivity contribution in [1.82, 2.24) is 10.2 Å². The Morgan fingerprint density at radius 3 is 2.33 bits per heavy atom. The molecule has 0 atom stereocenters. The fourth-order valence-corrected chi connectivity index (χ4v) is 2.92. The molecule has 1 aliphatic rings. The average Bonchev–Trinajstić information content (AvgIpc) is 2.94. The summed E-state index contributed by atoms with van der Waals surface area (Å²) in [5.41, 5.74) is 0.0892. The lowest BCUT2D eigenvalue weighted by Gasteiger charge is -2.30. The number of aliphatic hydroxyl groups is 1. The summed E-state index contributed by atoms with van der Waals surface area (Å²) >= 11 is 0. The smallest absolute Gasteiger partial charge is 0.0499 e. The van der Waals surface area contributed by atoms with Gasteiger partial charge < -0.3 is 15.3 Å². The molecule has 3 heteroatoms. The van der Waals surface area contributed by atoms with Gasteiger partial charge in [0.05, 0.1) is 0 Å². The molecule has 18 heavy (non-hydrogen) atoms. The van der Waals surface area contributed by atoms with Crippen LogP contribution in [0.15, 0.2) is 0 Å². The highest BCUT2D eigenvalue weighted by atomic mass is 16.3. The van der Waals surface area contributed by atoms with Crippen LogP contribution in [0.4, 0.5) is 0 Å². The van der Waals surface area contributed by atoms with Crippen molar-refractivity contribution in [3.05, 3.63) is 0 Å². The molecule has 2 N–H and O–H groups in total. The average molecular weight is 256 g/mol. The van der Waals surface area contributed by atoms with Crippen molar-refractivity contribution in [1.29, 1.82) is 0 Å². The van der Waals surface area contributed by atoms with Gasteiger partial charge in [-0.3, -0.25) is 0 Å². The van der Waals surface area contributed by atoms with Crippen LogP contribution < -0.4 is 5.32 Å². The van der Waals surface area contributed by atoms with Crippen molar-refractivity contribution in [2.24, 2.45) is 5.41 Å². The van der Waals surface area contributed by atoms with Crippen molar-refractivity contribution >= 4 is 0 Å². The lowest BCUT2D eigenvalue weighted by molar-refractivity contribution is 0.112. The van der Waals surface area contributed by atoms with Crippen molar-refractivity contribution in [2.75, 3.05) is 33.3 Å². The van der Waals surface area contributed by atoms with Crippen molar-refractivity contribution in [3.8, 4) is 0 Å². The Morgan fingerprint density at radius 2 is 1.83 bits per heavy atom. The molecule has 0 aliphatic heterocycles. The molecule has 0 aromatic rings. The topological polar surface area (TPSA) is 35.5 Å². The van der Waals surface area contributed by atoms with E-state index in [1.165, 1.54) is 25.7 Å². The second kappa shape index (κ2) is 8.13. The molecule has 0 amide bonds. The van der Waals surface area contributed by atoms with Crippen molar-refractivity contribution in [3.63, 3.8) is 0 Å². The summed E-state index contributed by atoms with van der Waals surface area (Å²) in [4.78, 5) is 2.50. The highest BCUT2D eigenvalue weighted by Crippen LogP contribution is 2.24. The molecule has 0 aromatic carbocycles. The minimum Gasteiger partial charge on any atom is -0.396 e. The van der Waals surface area contributed by atoms with Gasteiger partial charge in [0.25, 0.3) is 0 Å². The van der Waals surface area contributed by atoms with Gasteiger partial charge in [0.1, 0.15) is 0 Å². The predicted molar refractivity (Wildman–Crippen MR) is 77.9 cm³/mol. The molecule has 0 spiro atoms. The Hall–Kier alpha value is -0.120. The van der Waals surface area contributed by atoms with Crippen molar-refractivity contribution < 1.29 is 5.11 Å². The van der Waals surface area contributed by atoms with Crippen LogP contribution in [0, 0.1) is 5.41 Å². The van der Waals surface area contributed by atoms with E-state index in [9.17, 15) is 5.11 Å². The third-order valence-corrected chi connectivity index (χ3v) is 4.92. The van der Waals surface area contributed by atoms with E-state index in [1.807, 2.05) is 0 Å². The third-order valence-electron chi connectivity index (χ3n) is 4.92. The molecule has 0 saturated heterocycles. The maximum atomic E-state index is 9.51. The van der Waals surface area contributed by atoms with E-state index >= 15 is 0 Å². The van der Waals surface area contributed by atoms with E-state index in [0.717, 1.165) is 38.5 Å². The van der Waals surface area contributed by atoms with Gasteiger partial charge in [0, 0.05) is 37.7 Å². The number of likely N-dealkylation sites (N-methyl/N-ethyl adjacent to an activating group) is 1. The summed E-state index contributed by atoms with van der Waals surface area (Å²) in [6.45, 7) is 7.74. The number of aliphatic hydroxyl groups excluding tert-OH is 1. The van der Waals surface area contributed by atoms with Crippen LogP contribution in [0.2, 0.25) is 0 Å². The predicted octanol–water partition coefficient (Wildman–Crippen LogP) is 2.25. The molecule has 1 aliphatic carbocycles. The van der Waals surface area contributed by atoms with Gasteiger partial charge in [-0.25, -0.2) is 0 Å². The van der Waals surface area contributed by atoms with Gasteiger partial charge in [0.15, 0.2) is 0 Å². The lowest BCUT2D eigenvalue weighted by atomic mass is 9.83. The number of nitrogens with one attached hydrogen (secondary N) is 1. The minimum absolute atomic E-state index is 0.0892. The minimum atomic E-state index is 0.0892. The zero-order valence-electron chi connectivity index (χ0n) is 12.5. The monoisotopic (exact) mass is 256 g/mol. The van der Waals surface area contributed by atoms with Crippen LogP contribution in [0.3, 0.4) is 0 Å². The van der Waals surface area contributed by atoms with E-state index in [4.69, 9.17) is 0 Å². The first-order valence-corrected chi connectivity index (χ1v) is 7.69. The summed E-state index contributed by atoms with van der Waals surface area (Å²) in [7, 11) is 2.25. The van der Waals surface area contributed by atoms with Crippen LogP contribution in [0.1, 0.15) is 52.4 Å². The van der Waals surface area contributed by atoms with E-state index < -0.39 is 0 Å². The third kappa shape index (κ3) is 4.52. The van der Waals surface area contributed by atoms with Gasteiger partial charge in [-0.05, 0) is 32.7 Å². The molecule has 0 bridgehead atoms. The number of nitrogens with zero attached hydrogens (tertiary/aromatic N) is 1. The Morgan fingerprint density at radius 1 is 1.22 bits per heavy atom. The van der Waals surface area contributed by atoms with Gasteiger partial charge in [-0.2, -0.15) is 0 Å². The summed E-state index contributed by atoms with van der Waals surface area (Å²) in [6, 6.07) is 0.812. The Balaban J connectivity index is 2.16. The summed E-state index contributed by atoms with van der Waals surface area (Å²) in [5, 5.41) is 13.0. The number of hydrogen-bond acceptors (Lipinski definition) is 3. The molecule has 0 aromatic heterocycles.